The van der Waals surface area contributed by atoms with Crippen molar-refractivity contribution in [1.82, 2.24) is 5.32 Å². The molecule has 2 aromatic rings. The summed E-state index contributed by atoms with van der Waals surface area (Å²) in [4.78, 5) is 1.26. The molecule has 0 aliphatic carbocycles. The van der Waals surface area contributed by atoms with Gasteiger partial charge in [-0.15, -0.1) is 11.8 Å². The highest BCUT2D eigenvalue weighted by molar-refractivity contribution is 9.10. The Morgan fingerprint density at radius 2 is 1.86 bits per heavy atom. The van der Waals surface area contributed by atoms with Crippen LogP contribution in [0.1, 0.15) is 5.56 Å². The van der Waals surface area contributed by atoms with Crippen molar-refractivity contribution < 1.29 is 0 Å². The Labute approximate surface area is 143 Å². The third kappa shape index (κ3) is 5.69. The summed E-state index contributed by atoms with van der Waals surface area (Å²) in [7, 11) is 0. The normalized spacial score (nSPS) is 10.2. The number of thiocarbonyl (C=S) groups is 1. The van der Waals surface area contributed by atoms with Crippen LogP contribution in [0.3, 0.4) is 0 Å². The van der Waals surface area contributed by atoms with Crippen molar-refractivity contribution in [3.63, 3.8) is 0 Å². The minimum absolute atomic E-state index is 0.667. The molecule has 0 heterocycles. The van der Waals surface area contributed by atoms with E-state index in [4.69, 9.17) is 12.2 Å². The van der Waals surface area contributed by atoms with E-state index in [2.05, 4.69) is 63.8 Å². The molecule has 0 unspecified atom stereocenters. The van der Waals surface area contributed by atoms with Gasteiger partial charge < -0.3 is 10.6 Å². The molecule has 0 spiro atoms. The van der Waals surface area contributed by atoms with E-state index in [-0.39, 0.29) is 0 Å². The number of benzene rings is 2. The van der Waals surface area contributed by atoms with E-state index < -0.39 is 0 Å². The molecule has 0 saturated heterocycles. The summed E-state index contributed by atoms with van der Waals surface area (Å²) in [5, 5.41) is 7.12. The van der Waals surface area contributed by atoms with Crippen molar-refractivity contribution in [1.29, 1.82) is 0 Å². The molecule has 0 bridgehead atoms. The predicted molar refractivity (Wildman–Crippen MR) is 100 cm³/mol. The molecule has 21 heavy (non-hydrogen) atoms. The van der Waals surface area contributed by atoms with Crippen LogP contribution in [0.4, 0.5) is 5.69 Å². The molecule has 2 N–H and O–H groups in total. The minimum atomic E-state index is 0.667. The molecule has 2 aromatic carbocycles. The maximum atomic E-state index is 5.31. The van der Waals surface area contributed by atoms with Crippen molar-refractivity contribution in [2.45, 2.75) is 11.8 Å². The molecule has 0 aliphatic rings. The molecule has 0 saturated carbocycles. The van der Waals surface area contributed by atoms with E-state index in [0.29, 0.717) is 5.11 Å². The van der Waals surface area contributed by atoms with Crippen LogP contribution in [0.15, 0.2) is 57.9 Å². The van der Waals surface area contributed by atoms with Gasteiger partial charge in [-0.25, -0.2) is 0 Å². The number of thioether (sulfide) groups is 1. The van der Waals surface area contributed by atoms with Crippen molar-refractivity contribution in [3.8, 4) is 0 Å². The van der Waals surface area contributed by atoms with Gasteiger partial charge in [0.2, 0.25) is 0 Å². The summed E-state index contributed by atoms with van der Waals surface area (Å²) in [6, 6.07) is 16.4. The highest BCUT2D eigenvalue weighted by Crippen LogP contribution is 2.20. The third-order valence-electron chi connectivity index (χ3n) is 2.86. The zero-order valence-electron chi connectivity index (χ0n) is 11.7. The molecule has 0 aromatic heterocycles. The second-order valence-corrected chi connectivity index (χ2v) is 6.99. The quantitative estimate of drug-likeness (QED) is 0.440. The minimum Gasteiger partial charge on any atom is -0.362 e. The van der Waals surface area contributed by atoms with Crippen LogP contribution in [-0.2, 0) is 0 Å². The molecule has 0 radical (unpaired) electrons. The number of aryl methyl sites for hydroxylation is 1. The van der Waals surface area contributed by atoms with E-state index in [1.807, 2.05) is 30.0 Å². The third-order valence-corrected chi connectivity index (χ3v) is 4.65. The van der Waals surface area contributed by atoms with Crippen molar-refractivity contribution >= 4 is 50.7 Å². The van der Waals surface area contributed by atoms with Gasteiger partial charge >= 0.3 is 0 Å². The lowest BCUT2D eigenvalue weighted by atomic mass is 10.2. The summed E-state index contributed by atoms with van der Waals surface area (Å²) < 4.78 is 1.11. The van der Waals surface area contributed by atoms with Crippen LogP contribution in [0.25, 0.3) is 0 Å². The van der Waals surface area contributed by atoms with Crippen LogP contribution in [0, 0.1) is 6.92 Å². The van der Waals surface area contributed by atoms with E-state index in [9.17, 15) is 0 Å². The zero-order chi connectivity index (χ0) is 15.1. The number of halogens is 1. The molecule has 0 atom stereocenters. The molecule has 5 heteroatoms. The Bertz CT molecular complexity index is 599. The van der Waals surface area contributed by atoms with Crippen LogP contribution in [-0.4, -0.2) is 17.4 Å². The molecule has 2 rings (SSSR count). The van der Waals surface area contributed by atoms with E-state index in [1.54, 1.807) is 0 Å². The maximum Gasteiger partial charge on any atom is 0.170 e. The van der Waals surface area contributed by atoms with E-state index in [1.165, 1.54) is 10.5 Å². The topological polar surface area (TPSA) is 24.1 Å². The number of hydrogen-bond donors (Lipinski definition) is 2. The summed E-state index contributed by atoms with van der Waals surface area (Å²) in [6.45, 7) is 2.90. The number of nitrogens with one attached hydrogen (secondary N) is 2. The molecule has 0 aliphatic heterocycles. The Balaban J connectivity index is 1.70. The highest BCUT2D eigenvalue weighted by Gasteiger charge is 2.00. The van der Waals surface area contributed by atoms with Crippen LogP contribution < -0.4 is 10.6 Å². The first-order valence-corrected chi connectivity index (χ1v) is 8.83. The first-order valence-electron chi connectivity index (χ1n) is 6.64. The fourth-order valence-electron chi connectivity index (χ4n) is 1.74. The van der Waals surface area contributed by atoms with Crippen LogP contribution >= 0.6 is 39.9 Å². The van der Waals surface area contributed by atoms with Crippen LogP contribution in [0.2, 0.25) is 0 Å². The molecule has 110 valence electrons. The van der Waals surface area contributed by atoms with Crippen LogP contribution in [0.5, 0.6) is 0 Å². The van der Waals surface area contributed by atoms with Gasteiger partial charge in [-0.3, -0.25) is 0 Å². The molecule has 0 amide bonds. The maximum absolute atomic E-state index is 5.31. The van der Waals surface area contributed by atoms with Gasteiger partial charge in [-0.2, -0.15) is 0 Å². The van der Waals surface area contributed by atoms with Gasteiger partial charge in [0, 0.05) is 27.4 Å². The van der Waals surface area contributed by atoms with Crippen molar-refractivity contribution in [3.05, 3.63) is 58.6 Å². The molecular weight excluding hydrogens is 364 g/mol. The Hall–Kier alpha value is -1.04. The number of para-hydroxylation sites is 1. The zero-order valence-corrected chi connectivity index (χ0v) is 14.9. The molecule has 2 nitrogen and oxygen atoms in total. The second kappa shape index (κ2) is 8.41. The smallest absolute Gasteiger partial charge is 0.170 e. The first kappa shape index (κ1) is 16.3. The fourth-order valence-corrected chi connectivity index (χ4v) is 2.99. The summed E-state index contributed by atoms with van der Waals surface area (Å²) >= 11 is 10.6. The van der Waals surface area contributed by atoms with Crippen molar-refractivity contribution in [2.75, 3.05) is 17.6 Å². The lowest BCUT2D eigenvalue weighted by molar-refractivity contribution is 0.989. The summed E-state index contributed by atoms with van der Waals surface area (Å²) in [5.41, 5.74) is 2.24. The van der Waals surface area contributed by atoms with Gasteiger partial charge in [0.25, 0.3) is 0 Å². The summed E-state index contributed by atoms with van der Waals surface area (Å²) in [6.07, 6.45) is 0. The van der Waals surface area contributed by atoms with E-state index >= 15 is 0 Å². The average molecular weight is 381 g/mol. The standard InChI is InChI=1S/C16H17BrN2S2/c1-12-4-2-3-5-15(12)19-16(20)18-10-11-21-14-8-6-13(17)7-9-14/h2-9H,10-11H2,1H3,(H2,18,19,20). The van der Waals surface area contributed by atoms with Gasteiger partial charge in [-0.05, 0) is 55.0 Å². The van der Waals surface area contributed by atoms with E-state index in [0.717, 1.165) is 22.5 Å². The monoisotopic (exact) mass is 380 g/mol. The van der Waals surface area contributed by atoms with Gasteiger partial charge in [0.15, 0.2) is 5.11 Å². The van der Waals surface area contributed by atoms with Gasteiger partial charge in [0.1, 0.15) is 0 Å². The highest BCUT2D eigenvalue weighted by atomic mass is 79.9. The Morgan fingerprint density at radius 3 is 2.57 bits per heavy atom. The largest absolute Gasteiger partial charge is 0.362 e. The SMILES string of the molecule is Cc1ccccc1NC(=S)NCCSc1ccc(Br)cc1. The predicted octanol–water partition coefficient (Wildman–Crippen LogP) is 4.84. The van der Waals surface area contributed by atoms with Gasteiger partial charge in [-0.1, -0.05) is 34.1 Å². The lowest BCUT2D eigenvalue weighted by Crippen LogP contribution is -2.30. The van der Waals surface area contributed by atoms with Gasteiger partial charge in [0.05, 0.1) is 0 Å². The number of rotatable bonds is 5. The molecule has 0 fully saturated rings. The lowest BCUT2D eigenvalue weighted by Gasteiger charge is -2.12. The average Bonchev–Trinajstić information content (AvgIpc) is 2.48. The van der Waals surface area contributed by atoms with Crippen molar-refractivity contribution in [2.24, 2.45) is 0 Å². The Morgan fingerprint density at radius 1 is 1.14 bits per heavy atom. The Kier molecular flexibility index (Phi) is 6.54. The first-order chi connectivity index (χ1) is 10.1. The second-order valence-electron chi connectivity index (χ2n) is 4.50. The fraction of sp³-hybridized carbons (Fsp3) is 0.188. The number of hydrogen-bond acceptors (Lipinski definition) is 2. The summed E-state index contributed by atoms with van der Waals surface area (Å²) in [5.74, 6) is 0.969. The molecular formula is C16H17BrN2S2. The number of anilines is 1.